The number of piperazine rings is 1. The molecule has 2 aliphatic rings. The molecule has 0 amide bonds. The normalized spacial score (nSPS) is 21.3. The molecule has 1 unspecified atom stereocenters. The van der Waals surface area contributed by atoms with Crippen molar-refractivity contribution < 1.29 is 0 Å². The topological polar surface area (TPSA) is 37.2 Å². The summed E-state index contributed by atoms with van der Waals surface area (Å²) in [5.74, 6) is 2.20. The van der Waals surface area contributed by atoms with Gasteiger partial charge in [0.05, 0.1) is 5.41 Å². The molecule has 0 spiro atoms. The fraction of sp³-hybridized carbons (Fsp3) is 0.636. The molecule has 4 rings (SSSR count). The summed E-state index contributed by atoms with van der Waals surface area (Å²) in [5, 5.41) is 4.92. The molecule has 5 nitrogen and oxygen atoms in total. The highest BCUT2D eigenvalue weighted by Gasteiger charge is 2.49. The van der Waals surface area contributed by atoms with Gasteiger partial charge in [-0.3, -0.25) is 9.58 Å². The van der Waals surface area contributed by atoms with Crippen molar-refractivity contribution in [1.82, 2.24) is 24.6 Å². The van der Waals surface area contributed by atoms with Gasteiger partial charge in [0.2, 0.25) is 0 Å². The molecule has 27 heavy (non-hydrogen) atoms. The molecular formula is C22H33N5. The lowest BCUT2D eigenvalue weighted by Gasteiger charge is -2.36. The number of aromatic nitrogens is 3. The maximum absolute atomic E-state index is 5.05. The molecule has 1 aromatic heterocycles. The number of benzene rings is 1. The Morgan fingerprint density at radius 2 is 1.78 bits per heavy atom. The first-order valence-corrected chi connectivity index (χ1v) is 10.5. The zero-order chi connectivity index (χ0) is 18.9. The molecule has 1 aliphatic carbocycles. The predicted octanol–water partition coefficient (Wildman–Crippen LogP) is 2.95. The summed E-state index contributed by atoms with van der Waals surface area (Å²) in [6.07, 6.45) is 4.50. The van der Waals surface area contributed by atoms with Gasteiger partial charge in [-0.2, -0.15) is 5.10 Å². The van der Waals surface area contributed by atoms with Crippen LogP contribution in [0.15, 0.2) is 30.3 Å². The Morgan fingerprint density at radius 3 is 2.41 bits per heavy atom. The van der Waals surface area contributed by atoms with Crippen LogP contribution in [0.1, 0.15) is 50.3 Å². The van der Waals surface area contributed by atoms with E-state index in [1.165, 1.54) is 44.6 Å². The van der Waals surface area contributed by atoms with Crippen molar-refractivity contribution in [3.8, 4) is 0 Å². The van der Waals surface area contributed by atoms with E-state index in [1.807, 2.05) is 0 Å². The standard InChI is InChI=1S/C22H33N5/c1-4-27-20(11-10-18(2)26-16-14-25(3)15-17-26)23-21(24-27)22(12-13-22)19-8-6-5-7-9-19/h5-9,18H,4,10-17H2,1-3H3. The highest BCUT2D eigenvalue weighted by molar-refractivity contribution is 5.39. The third kappa shape index (κ3) is 3.81. The molecule has 1 atom stereocenters. The van der Waals surface area contributed by atoms with Crippen LogP contribution in [0, 0.1) is 0 Å². The molecule has 2 aromatic rings. The van der Waals surface area contributed by atoms with Crippen LogP contribution in [0.3, 0.4) is 0 Å². The fourth-order valence-electron chi connectivity index (χ4n) is 4.32. The summed E-state index contributed by atoms with van der Waals surface area (Å²) in [6, 6.07) is 11.4. The Morgan fingerprint density at radius 1 is 1.07 bits per heavy atom. The van der Waals surface area contributed by atoms with Crippen LogP contribution >= 0.6 is 0 Å². The average molecular weight is 368 g/mol. The van der Waals surface area contributed by atoms with Crippen LogP contribution in [0.2, 0.25) is 0 Å². The van der Waals surface area contributed by atoms with Crippen molar-refractivity contribution in [1.29, 1.82) is 0 Å². The second-order valence-corrected chi connectivity index (χ2v) is 8.34. The van der Waals surface area contributed by atoms with Gasteiger partial charge in [-0.1, -0.05) is 30.3 Å². The number of nitrogens with zero attached hydrogens (tertiary/aromatic N) is 5. The summed E-state index contributed by atoms with van der Waals surface area (Å²) in [4.78, 5) is 10.1. The molecule has 0 bridgehead atoms. The monoisotopic (exact) mass is 367 g/mol. The Balaban J connectivity index is 1.45. The van der Waals surface area contributed by atoms with Crippen LogP contribution in [0.4, 0.5) is 0 Å². The third-order valence-corrected chi connectivity index (χ3v) is 6.50. The lowest BCUT2D eigenvalue weighted by Crippen LogP contribution is -2.48. The maximum Gasteiger partial charge on any atom is 0.161 e. The van der Waals surface area contributed by atoms with Crippen molar-refractivity contribution in [2.24, 2.45) is 0 Å². The molecule has 0 radical (unpaired) electrons. The van der Waals surface area contributed by atoms with Crippen molar-refractivity contribution >= 4 is 0 Å². The Labute approximate surface area is 163 Å². The molecule has 5 heteroatoms. The lowest BCUT2D eigenvalue weighted by atomic mass is 9.95. The predicted molar refractivity (Wildman–Crippen MR) is 109 cm³/mol. The van der Waals surface area contributed by atoms with Gasteiger partial charge in [-0.05, 0) is 45.7 Å². The summed E-state index contributed by atoms with van der Waals surface area (Å²) in [5.41, 5.74) is 1.44. The van der Waals surface area contributed by atoms with E-state index in [1.54, 1.807) is 0 Å². The highest BCUT2D eigenvalue weighted by Crippen LogP contribution is 2.52. The van der Waals surface area contributed by atoms with E-state index in [2.05, 4.69) is 65.7 Å². The van der Waals surface area contributed by atoms with Gasteiger partial charge < -0.3 is 4.90 Å². The van der Waals surface area contributed by atoms with Crippen LogP contribution in [-0.4, -0.2) is 63.8 Å². The molecule has 2 heterocycles. The first kappa shape index (κ1) is 18.6. The molecule has 1 saturated carbocycles. The van der Waals surface area contributed by atoms with Crippen LogP contribution < -0.4 is 0 Å². The maximum atomic E-state index is 5.05. The minimum Gasteiger partial charge on any atom is -0.304 e. The van der Waals surface area contributed by atoms with E-state index in [-0.39, 0.29) is 5.41 Å². The second kappa shape index (κ2) is 7.72. The van der Waals surface area contributed by atoms with Gasteiger partial charge >= 0.3 is 0 Å². The SMILES string of the molecule is CCn1nc(C2(c3ccccc3)CC2)nc1CCC(C)N1CCN(C)CC1. The van der Waals surface area contributed by atoms with E-state index in [9.17, 15) is 0 Å². The number of likely N-dealkylation sites (N-methyl/N-ethyl adjacent to an activating group) is 1. The van der Waals surface area contributed by atoms with E-state index in [0.717, 1.165) is 31.0 Å². The van der Waals surface area contributed by atoms with Gasteiger partial charge in [-0.15, -0.1) is 0 Å². The molecule has 1 aromatic carbocycles. The summed E-state index contributed by atoms with van der Waals surface area (Å²) < 4.78 is 2.13. The summed E-state index contributed by atoms with van der Waals surface area (Å²) in [6.45, 7) is 10.2. The minimum atomic E-state index is 0.0689. The Hall–Kier alpha value is -1.72. The minimum absolute atomic E-state index is 0.0689. The fourth-order valence-corrected chi connectivity index (χ4v) is 4.32. The molecule has 0 N–H and O–H groups in total. The largest absolute Gasteiger partial charge is 0.304 e. The number of hydrogen-bond acceptors (Lipinski definition) is 4. The van der Waals surface area contributed by atoms with E-state index < -0.39 is 0 Å². The van der Waals surface area contributed by atoms with Gasteiger partial charge in [0.1, 0.15) is 5.82 Å². The highest BCUT2D eigenvalue weighted by atomic mass is 15.4. The molecule has 146 valence electrons. The van der Waals surface area contributed by atoms with Crippen LogP contribution in [-0.2, 0) is 18.4 Å². The first-order chi connectivity index (χ1) is 13.1. The second-order valence-electron chi connectivity index (χ2n) is 8.34. The van der Waals surface area contributed by atoms with Gasteiger partial charge in [-0.25, -0.2) is 4.98 Å². The number of rotatable bonds is 7. The van der Waals surface area contributed by atoms with Gasteiger partial charge in [0.15, 0.2) is 5.82 Å². The molecule has 1 aliphatic heterocycles. The first-order valence-electron chi connectivity index (χ1n) is 10.5. The van der Waals surface area contributed by atoms with E-state index in [0.29, 0.717) is 6.04 Å². The van der Waals surface area contributed by atoms with Crippen molar-refractivity contribution in [2.45, 2.75) is 57.5 Å². The van der Waals surface area contributed by atoms with Crippen molar-refractivity contribution in [3.05, 3.63) is 47.5 Å². The van der Waals surface area contributed by atoms with E-state index >= 15 is 0 Å². The zero-order valence-electron chi connectivity index (χ0n) is 17.1. The van der Waals surface area contributed by atoms with Gasteiger partial charge in [0.25, 0.3) is 0 Å². The van der Waals surface area contributed by atoms with Crippen LogP contribution in [0.5, 0.6) is 0 Å². The van der Waals surface area contributed by atoms with Crippen molar-refractivity contribution in [3.63, 3.8) is 0 Å². The third-order valence-electron chi connectivity index (χ3n) is 6.50. The Kier molecular flexibility index (Phi) is 5.33. The summed E-state index contributed by atoms with van der Waals surface area (Å²) >= 11 is 0. The lowest BCUT2D eigenvalue weighted by molar-refractivity contribution is 0.114. The average Bonchev–Trinajstić information content (AvgIpc) is 3.41. The molecule has 2 fully saturated rings. The molecule has 1 saturated heterocycles. The van der Waals surface area contributed by atoms with Gasteiger partial charge in [0, 0.05) is 45.2 Å². The quantitative estimate of drug-likeness (QED) is 0.754. The number of aryl methyl sites for hydroxylation is 2. The van der Waals surface area contributed by atoms with Crippen molar-refractivity contribution in [2.75, 3.05) is 33.2 Å². The number of hydrogen-bond donors (Lipinski definition) is 0. The summed E-state index contributed by atoms with van der Waals surface area (Å²) in [7, 11) is 2.22. The molecular weight excluding hydrogens is 334 g/mol. The van der Waals surface area contributed by atoms with E-state index in [4.69, 9.17) is 10.1 Å². The zero-order valence-corrected chi connectivity index (χ0v) is 17.1. The smallest absolute Gasteiger partial charge is 0.161 e. The Bertz CT molecular complexity index is 741. The van der Waals surface area contributed by atoms with Crippen LogP contribution in [0.25, 0.3) is 0 Å².